The van der Waals surface area contributed by atoms with E-state index in [4.69, 9.17) is 9.47 Å². The molecule has 2 aromatic rings. The maximum absolute atomic E-state index is 13.9. The summed E-state index contributed by atoms with van der Waals surface area (Å²) in [5.41, 5.74) is 5.95. The number of rotatable bonds is 6. The largest absolute Gasteiger partial charge is 0.380 e. The topological polar surface area (TPSA) is 18.5 Å². The average Bonchev–Trinajstić information content (AvgIpc) is 2.50. The van der Waals surface area contributed by atoms with Crippen LogP contribution in [0.3, 0.4) is 0 Å². The molecule has 2 rings (SSSR count). The third-order valence-electron chi connectivity index (χ3n) is 3.74. The maximum atomic E-state index is 13.9. The molecule has 1 unspecified atom stereocenters. The minimum atomic E-state index is -0.186. The van der Waals surface area contributed by atoms with E-state index in [-0.39, 0.29) is 5.82 Å². The van der Waals surface area contributed by atoms with E-state index < -0.39 is 0 Å². The van der Waals surface area contributed by atoms with E-state index in [1.165, 1.54) is 5.56 Å². The summed E-state index contributed by atoms with van der Waals surface area (Å²) in [4.78, 5) is 0. The fraction of sp³-hybridized carbons (Fsp3) is 0.333. The van der Waals surface area contributed by atoms with Crippen LogP contribution in [-0.2, 0) is 28.8 Å². The van der Waals surface area contributed by atoms with Crippen LogP contribution in [0.5, 0.6) is 0 Å². The highest BCUT2D eigenvalue weighted by molar-refractivity contribution is 7.15. The van der Waals surface area contributed by atoms with E-state index >= 15 is 0 Å². The molecule has 0 aliphatic heterocycles. The van der Waals surface area contributed by atoms with Crippen molar-refractivity contribution in [3.8, 4) is 11.1 Å². The summed E-state index contributed by atoms with van der Waals surface area (Å²) in [6.07, 6.45) is 0.833. The van der Waals surface area contributed by atoms with E-state index in [2.05, 4.69) is 21.4 Å². The number of hydrogen-bond acceptors (Lipinski definition) is 2. The van der Waals surface area contributed by atoms with Crippen LogP contribution < -0.4 is 0 Å². The van der Waals surface area contributed by atoms with Gasteiger partial charge in [-0.2, -0.15) is 0 Å². The van der Waals surface area contributed by atoms with Crippen molar-refractivity contribution in [3.63, 3.8) is 0 Å². The second kappa shape index (κ2) is 7.82. The maximum Gasteiger partial charge on any atom is 0.126 e. The SMILES string of the molecule is COCc1cc(-c2ccc(C)c(F)c2)cc(COC)c1CP. The summed E-state index contributed by atoms with van der Waals surface area (Å²) in [6, 6.07) is 9.48. The van der Waals surface area contributed by atoms with Crippen molar-refractivity contribution >= 4 is 9.24 Å². The molecule has 2 nitrogen and oxygen atoms in total. The highest BCUT2D eigenvalue weighted by atomic mass is 31.0. The van der Waals surface area contributed by atoms with Crippen molar-refractivity contribution in [2.24, 2.45) is 0 Å². The van der Waals surface area contributed by atoms with Gasteiger partial charge in [0, 0.05) is 14.2 Å². The van der Waals surface area contributed by atoms with Crippen molar-refractivity contribution in [2.75, 3.05) is 14.2 Å². The molecule has 0 N–H and O–H groups in total. The number of halogens is 1. The van der Waals surface area contributed by atoms with Gasteiger partial charge in [-0.1, -0.05) is 12.1 Å². The van der Waals surface area contributed by atoms with Gasteiger partial charge in [0.2, 0.25) is 0 Å². The van der Waals surface area contributed by atoms with E-state index in [1.807, 2.05) is 6.07 Å². The first-order valence-electron chi connectivity index (χ1n) is 7.19. The second-order valence-electron chi connectivity index (χ2n) is 5.31. The Kier molecular flexibility index (Phi) is 6.07. The van der Waals surface area contributed by atoms with Gasteiger partial charge in [-0.25, -0.2) is 4.39 Å². The Morgan fingerprint density at radius 3 is 2.00 bits per heavy atom. The molecule has 0 amide bonds. The lowest BCUT2D eigenvalue weighted by molar-refractivity contribution is 0.179. The summed E-state index contributed by atoms with van der Waals surface area (Å²) in [5, 5.41) is 0. The van der Waals surface area contributed by atoms with Gasteiger partial charge in [-0.15, -0.1) is 9.24 Å². The Hall–Kier alpha value is -1.28. The van der Waals surface area contributed by atoms with Crippen LogP contribution in [-0.4, -0.2) is 14.2 Å². The van der Waals surface area contributed by atoms with Gasteiger partial charge in [0.1, 0.15) is 5.82 Å². The quantitative estimate of drug-likeness (QED) is 0.731. The van der Waals surface area contributed by atoms with Crippen molar-refractivity contribution in [1.29, 1.82) is 0 Å². The Bertz CT molecular complexity index is 629. The van der Waals surface area contributed by atoms with Crippen molar-refractivity contribution in [2.45, 2.75) is 26.3 Å². The molecule has 0 heterocycles. The zero-order chi connectivity index (χ0) is 16.1. The molecule has 4 heteroatoms. The first-order valence-corrected chi connectivity index (χ1v) is 8.01. The molecule has 0 fully saturated rings. The zero-order valence-electron chi connectivity index (χ0n) is 13.3. The van der Waals surface area contributed by atoms with Gasteiger partial charge in [-0.3, -0.25) is 0 Å². The van der Waals surface area contributed by atoms with Crippen molar-refractivity contribution in [3.05, 3.63) is 58.4 Å². The molecule has 1 atom stereocenters. The number of hydrogen-bond donors (Lipinski definition) is 0. The second-order valence-corrected chi connectivity index (χ2v) is 5.72. The lowest BCUT2D eigenvalue weighted by atomic mass is 9.95. The third kappa shape index (κ3) is 3.73. The van der Waals surface area contributed by atoms with Gasteiger partial charge in [-0.05, 0) is 64.7 Å². The molecule has 0 aliphatic carbocycles. The van der Waals surface area contributed by atoms with Crippen LogP contribution in [0.15, 0.2) is 30.3 Å². The molecule has 118 valence electrons. The fourth-order valence-corrected chi connectivity index (χ4v) is 3.09. The Labute approximate surface area is 133 Å². The highest BCUT2D eigenvalue weighted by Gasteiger charge is 2.12. The molecule has 0 saturated heterocycles. The lowest BCUT2D eigenvalue weighted by Gasteiger charge is -2.16. The molecule has 0 bridgehead atoms. The van der Waals surface area contributed by atoms with Crippen LogP contribution in [0.2, 0.25) is 0 Å². The molecule has 2 aromatic carbocycles. The minimum absolute atomic E-state index is 0.186. The summed E-state index contributed by atoms with van der Waals surface area (Å²) < 4.78 is 24.5. The van der Waals surface area contributed by atoms with Crippen LogP contribution in [0.1, 0.15) is 22.3 Å². The molecule has 22 heavy (non-hydrogen) atoms. The van der Waals surface area contributed by atoms with Crippen LogP contribution >= 0.6 is 9.24 Å². The fourth-order valence-electron chi connectivity index (χ4n) is 2.57. The number of ether oxygens (including phenoxy) is 2. The van der Waals surface area contributed by atoms with E-state index in [1.54, 1.807) is 33.3 Å². The van der Waals surface area contributed by atoms with E-state index in [0.29, 0.717) is 18.8 Å². The molecule has 0 spiro atoms. The third-order valence-corrected chi connectivity index (χ3v) is 4.15. The van der Waals surface area contributed by atoms with Gasteiger partial charge >= 0.3 is 0 Å². The van der Waals surface area contributed by atoms with Gasteiger partial charge in [0.05, 0.1) is 13.2 Å². The van der Waals surface area contributed by atoms with Crippen molar-refractivity contribution in [1.82, 2.24) is 0 Å². The summed E-state index contributed by atoms with van der Waals surface area (Å²) in [6.45, 7) is 2.83. The molecule has 0 aromatic heterocycles. The van der Waals surface area contributed by atoms with Crippen LogP contribution in [0, 0.1) is 12.7 Å². The molecule has 0 saturated carbocycles. The average molecular weight is 320 g/mol. The standard InChI is InChI=1S/C18H22FO2P/c1-12-4-5-13(8-18(12)19)14-6-15(9-20-2)17(11-22)16(7-14)10-21-3/h4-8H,9-11,22H2,1-3H3. The predicted molar refractivity (Wildman–Crippen MR) is 91.4 cm³/mol. The van der Waals surface area contributed by atoms with Crippen molar-refractivity contribution < 1.29 is 13.9 Å². The summed E-state index contributed by atoms with van der Waals surface area (Å²) >= 11 is 0. The smallest absolute Gasteiger partial charge is 0.126 e. The van der Waals surface area contributed by atoms with E-state index in [0.717, 1.165) is 28.4 Å². The first kappa shape index (κ1) is 17.1. The Morgan fingerprint density at radius 1 is 0.955 bits per heavy atom. The van der Waals surface area contributed by atoms with Gasteiger partial charge < -0.3 is 9.47 Å². The summed E-state index contributed by atoms with van der Waals surface area (Å²) in [5.74, 6) is -0.186. The zero-order valence-corrected chi connectivity index (χ0v) is 14.4. The number of benzene rings is 2. The van der Waals surface area contributed by atoms with Gasteiger partial charge in [0.25, 0.3) is 0 Å². The Balaban J connectivity index is 2.57. The molecular formula is C18H22FO2P. The monoisotopic (exact) mass is 320 g/mol. The molecule has 0 aliphatic rings. The highest BCUT2D eigenvalue weighted by Crippen LogP contribution is 2.29. The minimum Gasteiger partial charge on any atom is -0.380 e. The lowest BCUT2D eigenvalue weighted by Crippen LogP contribution is -2.02. The molecular weight excluding hydrogens is 298 g/mol. The number of aryl methyl sites for hydroxylation is 1. The van der Waals surface area contributed by atoms with Crippen LogP contribution in [0.25, 0.3) is 11.1 Å². The van der Waals surface area contributed by atoms with Crippen LogP contribution in [0.4, 0.5) is 4.39 Å². The summed E-state index contributed by atoms with van der Waals surface area (Å²) in [7, 11) is 6.11. The first-order chi connectivity index (χ1) is 10.6. The predicted octanol–water partition coefficient (Wildman–Crippen LogP) is 4.47. The normalized spacial score (nSPS) is 11.0. The van der Waals surface area contributed by atoms with Gasteiger partial charge in [0.15, 0.2) is 0 Å². The van der Waals surface area contributed by atoms with E-state index in [9.17, 15) is 4.39 Å². The Morgan fingerprint density at radius 2 is 1.55 bits per heavy atom. The number of methoxy groups -OCH3 is 2. The molecule has 0 radical (unpaired) electrons.